The van der Waals surface area contributed by atoms with Gasteiger partial charge in [0.25, 0.3) is 11.1 Å². The maximum absolute atomic E-state index is 13.9. The van der Waals surface area contributed by atoms with Crippen LogP contribution in [0.4, 0.5) is 15.3 Å². The van der Waals surface area contributed by atoms with E-state index in [-0.39, 0.29) is 11.1 Å². The molecule has 2 aliphatic heterocycles. The van der Waals surface area contributed by atoms with Crippen LogP contribution in [0.15, 0.2) is 48.5 Å². The number of likely N-dealkylation sites (tertiary alicyclic amines) is 1. The van der Waals surface area contributed by atoms with E-state index < -0.39 is 40.9 Å². The second-order valence-electron chi connectivity index (χ2n) is 11.1. The number of methoxy groups -OCH3 is 1. The van der Waals surface area contributed by atoms with Gasteiger partial charge in [0, 0.05) is 12.2 Å². The Hall–Kier alpha value is -4.06. The number of nitrogens with one attached hydrogen (secondary N) is 1. The highest BCUT2D eigenvalue weighted by Crippen LogP contribution is 2.30. The van der Waals surface area contributed by atoms with E-state index in [4.69, 9.17) is 14.2 Å². The second-order valence-corrected chi connectivity index (χ2v) is 12.2. The molecule has 2 fully saturated rings. The van der Waals surface area contributed by atoms with Crippen LogP contribution in [0.2, 0.25) is 0 Å². The lowest BCUT2D eigenvalue weighted by Gasteiger charge is -2.34. The maximum Gasteiger partial charge on any atom is 0.410 e. The van der Waals surface area contributed by atoms with Crippen LogP contribution in [0.1, 0.15) is 46.1 Å². The second kappa shape index (κ2) is 12.8. The number of nitrogens with zero attached hydrogens (tertiary/aromatic N) is 2. The van der Waals surface area contributed by atoms with Crippen molar-refractivity contribution in [2.75, 3.05) is 18.6 Å². The Kier molecular flexibility index (Phi) is 9.45. The van der Waals surface area contributed by atoms with Crippen LogP contribution in [0.3, 0.4) is 0 Å². The van der Waals surface area contributed by atoms with Gasteiger partial charge in [0.1, 0.15) is 29.2 Å². The molecule has 224 valence electrons. The summed E-state index contributed by atoms with van der Waals surface area (Å²) in [6.07, 6.45) is 0.927. The molecule has 4 rings (SSSR count). The third-order valence-electron chi connectivity index (χ3n) is 6.79. The molecule has 0 saturated carbocycles. The van der Waals surface area contributed by atoms with Crippen LogP contribution in [0, 0.1) is 0 Å². The van der Waals surface area contributed by atoms with Gasteiger partial charge in [0.05, 0.1) is 12.4 Å². The first kappa shape index (κ1) is 30.9. The van der Waals surface area contributed by atoms with Gasteiger partial charge >= 0.3 is 12.1 Å². The Bertz CT molecular complexity index is 1340. The van der Waals surface area contributed by atoms with Gasteiger partial charge in [-0.25, -0.2) is 9.59 Å². The Morgan fingerprint density at radius 2 is 1.67 bits per heavy atom. The molecular formula is C30H35N3O8S. The van der Waals surface area contributed by atoms with Crippen LogP contribution in [0.5, 0.6) is 11.5 Å². The highest BCUT2D eigenvalue weighted by atomic mass is 32.2. The Morgan fingerprint density at radius 3 is 2.21 bits per heavy atom. The quantitative estimate of drug-likeness (QED) is 0.431. The number of ether oxygens (including phenoxy) is 3. The first-order valence-corrected chi connectivity index (χ1v) is 14.5. The van der Waals surface area contributed by atoms with Crippen molar-refractivity contribution in [3.05, 3.63) is 54.1 Å². The molecule has 12 heteroatoms. The fourth-order valence-corrected chi connectivity index (χ4v) is 5.65. The Labute approximate surface area is 248 Å². The molecule has 0 aromatic heterocycles. The van der Waals surface area contributed by atoms with Gasteiger partial charge in [-0.1, -0.05) is 23.9 Å². The zero-order chi connectivity index (χ0) is 30.6. The topological polar surface area (TPSA) is 132 Å². The van der Waals surface area contributed by atoms with Crippen LogP contribution in [-0.4, -0.2) is 70.6 Å². The minimum atomic E-state index is -0.946. The summed E-state index contributed by atoms with van der Waals surface area (Å²) >= 11 is 0.984. The van der Waals surface area contributed by atoms with E-state index in [1.807, 2.05) is 12.1 Å². The number of amides is 4. The van der Waals surface area contributed by atoms with E-state index >= 15 is 0 Å². The van der Waals surface area contributed by atoms with Crippen molar-refractivity contribution in [2.45, 2.75) is 69.9 Å². The van der Waals surface area contributed by atoms with Crippen molar-refractivity contribution < 1.29 is 38.2 Å². The molecule has 2 aromatic carbocycles. The van der Waals surface area contributed by atoms with Crippen LogP contribution >= 0.6 is 11.8 Å². The zero-order valence-electron chi connectivity index (χ0n) is 24.2. The minimum absolute atomic E-state index is 0.287. The standard InChI is InChI=1S/C30H35N3O8S/c1-18(27(36)39-5)33(26(35)23-7-6-16-32(23)29(38)41-30(2,3)4)20-10-14-22(15-11-20)40-21-12-8-19(9-13-21)17-24-25(34)31-28(37)42-24/h8-15,18,23-24H,6-7,16-17H2,1-5H3,(H,31,34,37). The molecule has 4 amide bonds. The number of hydrogen-bond acceptors (Lipinski definition) is 9. The summed E-state index contributed by atoms with van der Waals surface area (Å²) in [7, 11) is 1.26. The van der Waals surface area contributed by atoms with Gasteiger partial charge in [-0.3, -0.25) is 29.5 Å². The summed E-state index contributed by atoms with van der Waals surface area (Å²) in [5, 5.41) is 1.50. The van der Waals surface area contributed by atoms with E-state index in [1.165, 1.54) is 16.9 Å². The summed E-state index contributed by atoms with van der Waals surface area (Å²) in [6.45, 7) is 7.24. The Balaban J connectivity index is 1.48. The normalized spacial score (nSPS) is 19.2. The van der Waals surface area contributed by atoms with Gasteiger partial charge in [-0.15, -0.1) is 0 Å². The average Bonchev–Trinajstić information content (AvgIpc) is 3.55. The number of carbonyl (C=O) groups is 5. The van der Waals surface area contributed by atoms with Crippen molar-refractivity contribution in [1.82, 2.24) is 10.2 Å². The molecule has 2 aromatic rings. The van der Waals surface area contributed by atoms with Crippen LogP contribution in [0.25, 0.3) is 0 Å². The van der Waals surface area contributed by atoms with Gasteiger partial charge < -0.3 is 14.2 Å². The van der Waals surface area contributed by atoms with Crippen molar-refractivity contribution in [3.63, 3.8) is 0 Å². The number of benzene rings is 2. The molecule has 2 aliphatic rings. The lowest BCUT2D eigenvalue weighted by atomic mass is 10.1. The molecule has 2 saturated heterocycles. The van der Waals surface area contributed by atoms with E-state index in [2.05, 4.69) is 5.32 Å². The first-order chi connectivity index (χ1) is 19.9. The molecule has 42 heavy (non-hydrogen) atoms. The molecule has 0 aliphatic carbocycles. The first-order valence-electron chi connectivity index (χ1n) is 13.6. The number of rotatable bonds is 8. The fourth-order valence-electron chi connectivity index (χ4n) is 4.79. The summed E-state index contributed by atoms with van der Waals surface area (Å²) in [5.74, 6) is -0.234. The predicted octanol–water partition coefficient (Wildman–Crippen LogP) is 4.67. The average molecular weight is 598 g/mol. The largest absolute Gasteiger partial charge is 0.467 e. The van der Waals surface area contributed by atoms with E-state index in [0.717, 1.165) is 17.3 Å². The third kappa shape index (κ3) is 7.41. The molecule has 11 nitrogen and oxygen atoms in total. The molecule has 0 radical (unpaired) electrons. The van der Waals surface area contributed by atoms with Crippen molar-refractivity contribution in [2.24, 2.45) is 0 Å². The SMILES string of the molecule is COC(=O)C(C)N(C(=O)C1CCCN1C(=O)OC(C)(C)C)c1ccc(Oc2ccc(CC3SC(=O)NC3=O)cc2)cc1. The number of anilines is 1. The van der Waals surface area contributed by atoms with Crippen molar-refractivity contribution in [3.8, 4) is 11.5 Å². The van der Waals surface area contributed by atoms with Crippen LogP contribution in [-0.2, 0) is 30.3 Å². The van der Waals surface area contributed by atoms with E-state index in [0.29, 0.717) is 43.0 Å². The van der Waals surface area contributed by atoms with Crippen molar-refractivity contribution >= 4 is 46.6 Å². The van der Waals surface area contributed by atoms with E-state index in [1.54, 1.807) is 64.1 Å². The van der Waals surface area contributed by atoms with Gasteiger partial charge in [0.2, 0.25) is 5.91 Å². The zero-order valence-corrected chi connectivity index (χ0v) is 25.1. The van der Waals surface area contributed by atoms with Gasteiger partial charge in [0.15, 0.2) is 0 Å². The summed E-state index contributed by atoms with van der Waals surface area (Å²) in [5.41, 5.74) is 0.617. The molecule has 2 heterocycles. The number of hydrogen-bond donors (Lipinski definition) is 1. The minimum Gasteiger partial charge on any atom is -0.467 e. The number of thioether (sulfide) groups is 1. The number of esters is 1. The predicted molar refractivity (Wildman–Crippen MR) is 157 cm³/mol. The summed E-state index contributed by atoms with van der Waals surface area (Å²) < 4.78 is 16.4. The van der Waals surface area contributed by atoms with Crippen LogP contribution < -0.4 is 15.0 Å². The molecule has 3 unspecified atom stereocenters. The molecule has 1 N–H and O–H groups in total. The monoisotopic (exact) mass is 597 g/mol. The van der Waals surface area contributed by atoms with Gasteiger partial charge in [-0.05, 0) is 88.9 Å². The number of imide groups is 1. The highest BCUT2D eigenvalue weighted by molar-refractivity contribution is 8.15. The van der Waals surface area contributed by atoms with Crippen molar-refractivity contribution in [1.29, 1.82) is 0 Å². The highest BCUT2D eigenvalue weighted by Gasteiger charge is 2.41. The number of carbonyl (C=O) groups excluding carboxylic acids is 5. The molecule has 3 atom stereocenters. The van der Waals surface area contributed by atoms with Gasteiger partial charge in [-0.2, -0.15) is 0 Å². The lowest BCUT2D eigenvalue weighted by molar-refractivity contribution is -0.143. The van der Waals surface area contributed by atoms with E-state index in [9.17, 15) is 24.0 Å². The molecular weight excluding hydrogens is 562 g/mol. The fraction of sp³-hybridized carbons (Fsp3) is 0.433. The summed E-state index contributed by atoms with van der Waals surface area (Å²) in [4.78, 5) is 65.2. The molecule has 0 spiro atoms. The lowest BCUT2D eigenvalue weighted by Crippen LogP contribution is -2.53. The Morgan fingerprint density at radius 1 is 1.05 bits per heavy atom. The third-order valence-corrected chi connectivity index (χ3v) is 7.78. The smallest absolute Gasteiger partial charge is 0.410 e. The summed E-state index contributed by atoms with van der Waals surface area (Å²) in [6, 6.07) is 12.2. The maximum atomic E-state index is 13.9. The molecule has 0 bridgehead atoms.